The zero-order chi connectivity index (χ0) is 17.0. The van der Waals surface area contributed by atoms with Gasteiger partial charge in [-0.3, -0.25) is 14.4 Å². The number of benzene rings is 2. The van der Waals surface area contributed by atoms with Gasteiger partial charge in [0.2, 0.25) is 10.0 Å². The van der Waals surface area contributed by atoms with Gasteiger partial charge in [0, 0.05) is 19.2 Å². The highest BCUT2D eigenvalue weighted by atomic mass is 32.2. The summed E-state index contributed by atoms with van der Waals surface area (Å²) in [4.78, 5) is 10.1. The highest BCUT2D eigenvalue weighted by Gasteiger charge is 2.20. The molecular formula is C15H13N3O4S. The monoisotopic (exact) mass is 331 g/mol. The molecule has 2 aromatic carbocycles. The minimum absolute atomic E-state index is 0.0961. The molecule has 0 aliphatic carbocycles. The van der Waals surface area contributed by atoms with E-state index < -0.39 is 14.9 Å². The summed E-state index contributed by atoms with van der Waals surface area (Å²) in [6.45, 7) is 0. The molecule has 23 heavy (non-hydrogen) atoms. The molecule has 0 saturated heterocycles. The summed E-state index contributed by atoms with van der Waals surface area (Å²) >= 11 is 0. The van der Waals surface area contributed by atoms with E-state index >= 15 is 0 Å². The van der Waals surface area contributed by atoms with Gasteiger partial charge < -0.3 is 0 Å². The Morgan fingerprint density at radius 3 is 2.43 bits per heavy atom. The number of nitro benzene ring substituents is 1. The van der Waals surface area contributed by atoms with E-state index in [1.165, 1.54) is 37.4 Å². The van der Waals surface area contributed by atoms with Crippen LogP contribution in [0.2, 0.25) is 0 Å². The van der Waals surface area contributed by atoms with Crippen LogP contribution in [0, 0.1) is 21.4 Å². The molecule has 0 heterocycles. The zero-order valence-corrected chi connectivity index (χ0v) is 13.0. The standard InChI is InChI=1S/C15H13N3O4S/c1-17(15-4-2-3-13(9-15)10-16)23(21,22)11-12-5-7-14(8-6-12)18(19)20/h2-9H,11H2,1H3. The zero-order valence-electron chi connectivity index (χ0n) is 12.2. The molecule has 0 spiro atoms. The van der Waals surface area contributed by atoms with Crippen molar-refractivity contribution in [1.29, 1.82) is 5.26 Å². The first-order chi connectivity index (χ1) is 10.8. The molecule has 0 bridgehead atoms. The van der Waals surface area contributed by atoms with Crippen LogP contribution in [-0.4, -0.2) is 20.4 Å². The SMILES string of the molecule is CN(c1cccc(C#N)c1)S(=O)(=O)Cc1ccc([N+](=O)[O-])cc1. The summed E-state index contributed by atoms with van der Waals surface area (Å²) < 4.78 is 25.9. The van der Waals surface area contributed by atoms with Crippen LogP contribution in [-0.2, 0) is 15.8 Å². The minimum Gasteiger partial charge on any atom is -0.273 e. The van der Waals surface area contributed by atoms with Crippen molar-refractivity contribution in [3.8, 4) is 6.07 Å². The van der Waals surface area contributed by atoms with Crippen LogP contribution in [0.5, 0.6) is 0 Å². The Hall–Kier alpha value is -2.92. The number of hydrogen-bond acceptors (Lipinski definition) is 5. The third kappa shape index (κ3) is 3.84. The average molecular weight is 331 g/mol. The van der Waals surface area contributed by atoms with Crippen LogP contribution in [0.15, 0.2) is 48.5 Å². The highest BCUT2D eigenvalue weighted by molar-refractivity contribution is 7.92. The average Bonchev–Trinajstić information content (AvgIpc) is 2.54. The largest absolute Gasteiger partial charge is 0.273 e. The third-order valence-electron chi connectivity index (χ3n) is 3.25. The molecule has 0 aliphatic heterocycles. The lowest BCUT2D eigenvalue weighted by atomic mass is 10.2. The van der Waals surface area contributed by atoms with Gasteiger partial charge in [-0.15, -0.1) is 0 Å². The maximum atomic E-state index is 12.4. The highest BCUT2D eigenvalue weighted by Crippen LogP contribution is 2.21. The van der Waals surface area contributed by atoms with E-state index in [0.717, 1.165) is 4.31 Å². The molecule has 8 heteroatoms. The molecule has 0 unspecified atom stereocenters. The minimum atomic E-state index is -3.67. The van der Waals surface area contributed by atoms with E-state index in [-0.39, 0.29) is 11.4 Å². The Labute approximate surface area is 133 Å². The summed E-state index contributed by atoms with van der Waals surface area (Å²) in [5, 5.41) is 19.5. The number of nitro groups is 1. The molecule has 0 N–H and O–H groups in total. The third-order valence-corrected chi connectivity index (χ3v) is 5.00. The van der Waals surface area contributed by atoms with Gasteiger partial charge in [-0.1, -0.05) is 18.2 Å². The van der Waals surface area contributed by atoms with Gasteiger partial charge >= 0.3 is 0 Å². The fourth-order valence-electron chi connectivity index (χ4n) is 1.95. The topological polar surface area (TPSA) is 104 Å². The molecule has 2 rings (SSSR count). The molecule has 0 amide bonds. The van der Waals surface area contributed by atoms with Crippen LogP contribution in [0.25, 0.3) is 0 Å². The number of nitrogens with zero attached hydrogens (tertiary/aromatic N) is 3. The van der Waals surface area contributed by atoms with E-state index in [1.54, 1.807) is 18.2 Å². The quantitative estimate of drug-likeness (QED) is 0.618. The second kappa shape index (κ2) is 6.46. The van der Waals surface area contributed by atoms with E-state index in [2.05, 4.69) is 0 Å². The van der Waals surface area contributed by atoms with Gasteiger partial charge in [-0.2, -0.15) is 5.26 Å². The second-order valence-electron chi connectivity index (χ2n) is 4.81. The fraction of sp³-hybridized carbons (Fsp3) is 0.133. The van der Waals surface area contributed by atoms with E-state index in [4.69, 9.17) is 5.26 Å². The van der Waals surface area contributed by atoms with Crippen molar-refractivity contribution in [3.63, 3.8) is 0 Å². The molecule has 0 aromatic heterocycles. The lowest BCUT2D eigenvalue weighted by molar-refractivity contribution is -0.384. The number of non-ortho nitro benzene ring substituents is 1. The molecule has 0 radical (unpaired) electrons. The first-order valence-electron chi connectivity index (χ1n) is 6.53. The van der Waals surface area contributed by atoms with Crippen molar-refractivity contribution in [3.05, 3.63) is 69.8 Å². The molecule has 0 atom stereocenters. The molecular weight excluding hydrogens is 318 g/mol. The van der Waals surface area contributed by atoms with Crippen molar-refractivity contribution < 1.29 is 13.3 Å². The van der Waals surface area contributed by atoms with Gasteiger partial charge in [0.05, 0.1) is 28.0 Å². The van der Waals surface area contributed by atoms with Gasteiger partial charge in [0.1, 0.15) is 0 Å². The van der Waals surface area contributed by atoms with Gasteiger partial charge in [0.25, 0.3) is 5.69 Å². The summed E-state index contributed by atoms with van der Waals surface area (Å²) in [6.07, 6.45) is 0. The normalized spacial score (nSPS) is 10.8. The number of nitriles is 1. The molecule has 2 aromatic rings. The number of hydrogen-bond donors (Lipinski definition) is 0. The summed E-state index contributed by atoms with van der Waals surface area (Å²) in [5.41, 5.74) is 1.09. The Balaban J connectivity index is 2.23. The number of rotatable bonds is 5. The predicted molar refractivity (Wildman–Crippen MR) is 85.3 cm³/mol. The Morgan fingerprint density at radius 2 is 1.87 bits per heavy atom. The van der Waals surface area contributed by atoms with Gasteiger partial charge in [0.15, 0.2) is 0 Å². The Morgan fingerprint density at radius 1 is 1.22 bits per heavy atom. The second-order valence-corrected chi connectivity index (χ2v) is 6.81. The summed E-state index contributed by atoms with van der Waals surface area (Å²) in [6, 6.07) is 13.6. The van der Waals surface area contributed by atoms with Crippen LogP contribution in [0.3, 0.4) is 0 Å². The maximum absolute atomic E-state index is 12.4. The smallest absolute Gasteiger partial charge is 0.269 e. The van der Waals surface area contributed by atoms with Crippen LogP contribution in [0.4, 0.5) is 11.4 Å². The van der Waals surface area contributed by atoms with Crippen LogP contribution < -0.4 is 4.31 Å². The molecule has 118 valence electrons. The molecule has 7 nitrogen and oxygen atoms in total. The Kier molecular flexibility index (Phi) is 4.62. The Bertz CT molecular complexity index is 870. The lowest BCUT2D eigenvalue weighted by Crippen LogP contribution is -2.27. The molecule has 0 fully saturated rings. The summed E-state index contributed by atoms with van der Waals surface area (Å²) in [5.74, 6) is -0.293. The van der Waals surface area contributed by atoms with E-state index in [0.29, 0.717) is 16.8 Å². The van der Waals surface area contributed by atoms with Crippen molar-refractivity contribution >= 4 is 21.4 Å². The molecule has 0 aliphatic rings. The van der Waals surface area contributed by atoms with Crippen molar-refractivity contribution in [2.45, 2.75) is 5.75 Å². The fourth-order valence-corrected chi connectivity index (χ4v) is 3.20. The van der Waals surface area contributed by atoms with Gasteiger partial charge in [-0.05, 0) is 23.8 Å². The van der Waals surface area contributed by atoms with E-state index in [1.807, 2.05) is 6.07 Å². The van der Waals surface area contributed by atoms with Gasteiger partial charge in [-0.25, -0.2) is 8.42 Å². The van der Waals surface area contributed by atoms with Crippen molar-refractivity contribution in [2.75, 3.05) is 11.4 Å². The van der Waals surface area contributed by atoms with Crippen molar-refractivity contribution in [1.82, 2.24) is 0 Å². The van der Waals surface area contributed by atoms with Crippen LogP contribution in [0.1, 0.15) is 11.1 Å². The van der Waals surface area contributed by atoms with Crippen LogP contribution >= 0.6 is 0 Å². The molecule has 0 saturated carbocycles. The lowest BCUT2D eigenvalue weighted by Gasteiger charge is -2.19. The predicted octanol–water partition coefficient (Wildman–Crippen LogP) is 2.43. The number of sulfonamides is 1. The summed E-state index contributed by atoms with van der Waals surface area (Å²) in [7, 11) is -2.27. The van der Waals surface area contributed by atoms with Crippen molar-refractivity contribution in [2.24, 2.45) is 0 Å². The number of anilines is 1. The van der Waals surface area contributed by atoms with E-state index in [9.17, 15) is 18.5 Å². The first kappa shape index (κ1) is 16.5. The maximum Gasteiger partial charge on any atom is 0.269 e. The first-order valence-corrected chi connectivity index (χ1v) is 8.14.